The van der Waals surface area contributed by atoms with Gasteiger partial charge in [-0.2, -0.15) is 0 Å². The van der Waals surface area contributed by atoms with Gasteiger partial charge in [-0.15, -0.1) is 11.3 Å². The van der Waals surface area contributed by atoms with Gasteiger partial charge in [-0.25, -0.2) is 14.8 Å². The van der Waals surface area contributed by atoms with E-state index in [1.165, 1.54) is 36.5 Å². The second kappa shape index (κ2) is 7.74. The first-order valence-corrected chi connectivity index (χ1v) is 9.51. The van der Waals surface area contributed by atoms with Crippen molar-refractivity contribution in [2.75, 3.05) is 10.6 Å². The molecule has 3 rings (SSSR count). The van der Waals surface area contributed by atoms with E-state index in [0.717, 1.165) is 11.3 Å². The highest BCUT2D eigenvalue weighted by molar-refractivity contribution is 7.19. The third-order valence-corrected chi connectivity index (χ3v) is 5.44. The molecule has 0 aliphatic rings. The minimum Gasteiger partial charge on any atom is -0.870 e. The summed E-state index contributed by atoms with van der Waals surface area (Å²) in [6, 6.07) is 3.87. The van der Waals surface area contributed by atoms with Crippen molar-refractivity contribution in [2.45, 2.75) is 13.8 Å². The second-order valence-corrected chi connectivity index (χ2v) is 7.45. The number of rotatable bonds is 5. The molecule has 0 aliphatic heterocycles. The highest BCUT2D eigenvalue weighted by atomic mass is 32.1. The largest absolute Gasteiger partial charge is 0.870 e. The van der Waals surface area contributed by atoms with E-state index in [-0.39, 0.29) is 16.6 Å². The quantitative estimate of drug-likeness (QED) is 0.578. The lowest BCUT2D eigenvalue weighted by atomic mass is 10.1. The number of carboxylic acid groups (broad SMARTS) is 1. The van der Waals surface area contributed by atoms with Crippen LogP contribution in [0.2, 0.25) is 0 Å². The zero-order chi connectivity index (χ0) is 20.4. The van der Waals surface area contributed by atoms with Gasteiger partial charge >= 0.3 is 5.97 Å². The van der Waals surface area contributed by atoms with Crippen molar-refractivity contribution >= 4 is 51.3 Å². The zero-order valence-electron chi connectivity index (χ0n) is 14.6. The second-order valence-electron chi connectivity index (χ2n) is 5.59. The molecule has 0 atom stereocenters. The summed E-state index contributed by atoms with van der Waals surface area (Å²) in [6.07, 6.45) is 0. The maximum Gasteiger partial charge on any atom is 0.335 e. The number of benzene rings is 1. The summed E-state index contributed by atoms with van der Waals surface area (Å²) in [5.41, 5.74) is 0.609. The molecule has 2 heterocycles. The number of carbonyl (C=O) groups is 3. The predicted molar refractivity (Wildman–Crippen MR) is 103 cm³/mol. The molecule has 0 saturated heterocycles. The molecule has 0 spiro atoms. The van der Waals surface area contributed by atoms with E-state index in [2.05, 4.69) is 20.6 Å². The van der Waals surface area contributed by atoms with Crippen LogP contribution in [0.15, 0.2) is 23.6 Å². The molecule has 2 amide bonds. The number of thiazole rings is 2. The van der Waals surface area contributed by atoms with Crippen molar-refractivity contribution in [1.82, 2.24) is 9.97 Å². The zero-order valence-corrected chi connectivity index (χ0v) is 16.2. The highest BCUT2D eigenvalue weighted by Crippen LogP contribution is 2.33. The topological polar surface area (TPSA) is 144 Å². The lowest BCUT2D eigenvalue weighted by Crippen LogP contribution is -2.15. The van der Waals surface area contributed by atoms with Gasteiger partial charge in [0.05, 0.1) is 21.8 Å². The van der Waals surface area contributed by atoms with Crippen LogP contribution < -0.4 is 15.7 Å². The number of carbonyl (C=O) groups excluding carboxylic acids is 2. The van der Waals surface area contributed by atoms with Gasteiger partial charge in [0.25, 0.3) is 5.91 Å². The number of amides is 2. The third-order valence-electron chi connectivity index (χ3n) is 3.50. The number of aryl methyl sites for hydroxylation is 1. The van der Waals surface area contributed by atoms with E-state index < -0.39 is 23.2 Å². The van der Waals surface area contributed by atoms with E-state index in [9.17, 15) is 19.5 Å². The molecular formula is C17H13N4O5S2-. The summed E-state index contributed by atoms with van der Waals surface area (Å²) in [7, 11) is 0. The van der Waals surface area contributed by atoms with E-state index in [0.29, 0.717) is 21.4 Å². The molecule has 2 aromatic heterocycles. The van der Waals surface area contributed by atoms with Gasteiger partial charge in [-0.1, -0.05) is 23.2 Å². The van der Waals surface area contributed by atoms with Crippen LogP contribution in [-0.4, -0.2) is 32.9 Å². The lowest BCUT2D eigenvalue weighted by molar-refractivity contribution is -0.267. The van der Waals surface area contributed by atoms with Crippen LogP contribution in [0, 0.1) is 6.92 Å². The number of nitrogens with zero attached hydrogens (tertiary/aromatic N) is 2. The van der Waals surface area contributed by atoms with Gasteiger partial charge in [0, 0.05) is 18.0 Å². The summed E-state index contributed by atoms with van der Waals surface area (Å²) in [5, 5.41) is 28.3. The van der Waals surface area contributed by atoms with E-state index >= 15 is 0 Å². The molecule has 3 N–H and O–H groups in total. The fraction of sp³-hybridized carbons (Fsp3) is 0.118. The summed E-state index contributed by atoms with van der Waals surface area (Å²) < 4.78 is 0. The normalized spacial score (nSPS) is 10.5. The maximum absolute atomic E-state index is 12.4. The van der Waals surface area contributed by atoms with Crippen LogP contribution in [0.4, 0.5) is 10.8 Å². The summed E-state index contributed by atoms with van der Waals surface area (Å²) >= 11 is 2.30. The molecule has 9 nitrogen and oxygen atoms in total. The van der Waals surface area contributed by atoms with Crippen LogP contribution in [0.5, 0.6) is 5.75 Å². The average molecular weight is 417 g/mol. The Hall–Kier alpha value is -3.31. The van der Waals surface area contributed by atoms with Gasteiger partial charge in [0.1, 0.15) is 0 Å². The van der Waals surface area contributed by atoms with Crippen LogP contribution >= 0.6 is 22.7 Å². The van der Waals surface area contributed by atoms with Crippen LogP contribution in [-0.2, 0) is 4.79 Å². The number of anilines is 2. The Morgan fingerprint density at radius 1 is 1.18 bits per heavy atom. The van der Waals surface area contributed by atoms with Crippen molar-refractivity contribution in [1.29, 1.82) is 0 Å². The van der Waals surface area contributed by atoms with Crippen LogP contribution in [0.25, 0.3) is 10.6 Å². The Morgan fingerprint density at radius 3 is 2.61 bits per heavy atom. The van der Waals surface area contributed by atoms with Crippen molar-refractivity contribution in [3.63, 3.8) is 0 Å². The Morgan fingerprint density at radius 2 is 1.93 bits per heavy atom. The van der Waals surface area contributed by atoms with Gasteiger partial charge in [0.15, 0.2) is 10.1 Å². The minimum absolute atomic E-state index is 0.101. The average Bonchev–Trinajstić information content (AvgIpc) is 3.22. The van der Waals surface area contributed by atoms with Crippen molar-refractivity contribution in [3.8, 4) is 16.3 Å². The fourth-order valence-corrected chi connectivity index (χ4v) is 4.05. The van der Waals surface area contributed by atoms with E-state index in [1.54, 1.807) is 12.3 Å². The minimum atomic E-state index is -1.37. The van der Waals surface area contributed by atoms with Gasteiger partial charge in [0.2, 0.25) is 5.91 Å². The molecule has 3 aromatic rings. The van der Waals surface area contributed by atoms with Gasteiger partial charge in [-0.05, 0) is 19.1 Å². The number of carboxylic acids is 1. The Labute approximate surface area is 166 Å². The molecule has 0 radical (unpaired) electrons. The molecular weight excluding hydrogens is 404 g/mol. The molecule has 0 bridgehead atoms. The monoisotopic (exact) mass is 417 g/mol. The van der Waals surface area contributed by atoms with Crippen molar-refractivity contribution in [2.24, 2.45) is 0 Å². The number of aromatic carboxylic acids is 1. The first-order valence-electron chi connectivity index (χ1n) is 7.82. The molecule has 144 valence electrons. The first kappa shape index (κ1) is 19.5. The number of hydrogen-bond acceptors (Lipinski definition) is 8. The molecule has 1 aromatic carbocycles. The van der Waals surface area contributed by atoms with Crippen LogP contribution in [0.3, 0.4) is 0 Å². The lowest BCUT2D eigenvalue weighted by Gasteiger charge is -2.16. The molecule has 0 fully saturated rings. The first-order chi connectivity index (χ1) is 13.3. The molecule has 0 aliphatic carbocycles. The predicted octanol–water partition coefficient (Wildman–Crippen LogP) is 2.56. The Kier molecular flexibility index (Phi) is 5.38. The SMILES string of the molecule is CC(=O)Nc1nc(C)c(-c2csc(C(=O)Nc3cccc(C(=O)O)c3[O-])n2)s1. The number of para-hydroxylation sites is 1. The molecule has 28 heavy (non-hydrogen) atoms. The highest BCUT2D eigenvalue weighted by Gasteiger charge is 2.18. The fourth-order valence-electron chi connectivity index (χ4n) is 2.30. The molecule has 0 unspecified atom stereocenters. The van der Waals surface area contributed by atoms with Gasteiger partial charge < -0.3 is 20.8 Å². The van der Waals surface area contributed by atoms with Gasteiger partial charge in [-0.3, -0.25) is 9.59 Å². The Bertz CT molecular complexity index is 1090. The Balaban J connectivity index is 1.82. The number of hydrogen-bond donors (Lipinski definition) is 3. The van der Waals surface area contributed by atoms with E-state index in [4.69, 9.17) is 5.11 Å². The van der Waals surface area contributed by atoms with E-state index in [1.807, 2.05) is 0 Å². The molecule has 11 heteroatoms. The van der Waals surface area contributed by atoms with Crippen LogP contribution in [0.1, 0.15) is 32.8 Å². The summed E-state index contributed by atoms with van der Waals surface area (Å²) in [6.45, 7) is 3.14. The van der Waals surface area contributed by atoms with Crippen molar-refractivity contribution < 1.29 is 24.6 Å². The standard InChI is InChI=1S/C17H14N4O5S2/c1-7-13(28-17(18-7)19-8(2)22)11-6-27-15(21-11)14(24)20-10-5-3-4-9(12(10)23)16(25)26/h3-6,23H,1-2H3,(H,20,24)(H,25,26)(H,18,19,22)/p-1. The summed E-state index contributed by atoms with van der Waals surface area (Å²) in [4.78, 5) is 43.8. The third kappa shape index (κ3) is 4.00. The maximum atomic E-state index is 12.4. The van der Waals surface area contributed by atoms with Crippen molar-refractivity contribution in [3.05, 3.63) is 39.8 Å². The number of aromatic nitrogens is 2. The molecule has 0 saturated carbocycles. The number of nitrogens with one attached hydrogen (secondary N) is 2. The summed E-state index contributed by atoms with van der Waals surface area (Å²) in [5.74, 6) is -3.01. The smallest absolute Gasteiger partial charge is 0.335 e.